The second-order valence-corrected chi connectivity index (χ2v) is 3.97. The summed E-state index contributed by atoms with van der Waals surface area (Å²) in [7, 11) is 0. The molecule has 16 heavy (non-hydrogen) atoms. The van der Waals surface area contributed by atoms with Gasteiger partial charge >= 0.3 is 0 Å². The van der Waals surface area contributed by atoms with Crippen LogP contribution in [0, 0.1) is 13.8 Å². The third kappa shape index (κ3) is 2.45. The lowest BCUT2D eigenvalue weighted by Gasteiger charge is -2.11. The van der Waals surface area contributed by atoms with Gasteiger partial charge in [-0.2, -0.15) is 0 Å². The molecule has 0 saturated carbocycles. The molecular weight excluding hydrogens is 198 g/mol. The molecule has 0 bridgehead atoms. The molecule has 2 aromatic rings. The van der Waals surface area contributed by atoms with E-state index >= 15 is 0 Å². The van der Waals surface area contributed by atoms with Crippen molar-refractivity contribution in [1.82, 2.24) is 4.57 Å². The Bertz CT molecular complexity index is 446. The molecule has 0 fully saturated rings. The highest BCUT2D eigenvalue weighted by atomic mass is 16.5. The van der Waals surface area contributed by atoms with Crippen molar-refractivity contribution in [3.63, 3.8) is 0 Å². The van der Waals surface area contributed by atoms with Gasteiger partial charge in [0, 0.05) is 12.4 Å². The summed E-state index contributed by atoms with van der Waals surface area (Å²) in [6.07, 6.45) is 4.10. The van der Waals surface area contributed by atoms with Gasteiger partial charge < -0.3 is 9.30 Å². The predicted molar refractivity (Wildman–Crippen MR) is 65.8 cm³/mol. The summed E-state index contributed by atoms with van der Waals surface area (Å²) in [5, 5.41) is 0. The van der Waals surface area contributed by atoms with Crippen LogP contribution in [0.15, 0.2) is 42.7 Å². The molecule has 1 aromatic heterocycles. The van der Waals surface area contributed by atoms with E-state index in [4.69, 9.17) is 4.74 Å². The van der Waals surface area contributed by atoms with Crippen LogP contribution in [0.4, 0.5) is 0 Å². The topological polar surface area (TPSA) is 14.2 Å². The largest absolute Gasteiger partial charge is 0.491 e. The first-order valence-electron chi connectivity index (χ1n) is 5.57. The molecule has 0 unspecified atom stereocenters. The molecule has 84 valence electrons. The Labute approximate surface area is 96.5 Å². The van der Waals surface area contributed by atoms with Gasteiger partial charge in [-0.1, -0.05) is 12.1 Å². The number of hydrogen-bond acceptors (Lipinski definition) is 1. The van der Waals surface area contributed by atoms with Crippen molar-refractivity contribution in [3.05, 3.63) is 53.9 Å². The lowest BCUT2D eigenvalue weighted by Crippen LogP contribution is -2.07. The van der Waals surface area contributed by atoms with Crippen LogP contribution in [0.5, 0.6) is 5.75 Å². The van der Waals surface area contributed by atoms with E-state index < -0.39 is 0 Å². The van der Waals surface area contributed by atoms with E-state index in [9.17, 15) is 0 Å². The number of ether oxygens (including phenoxy) is 1. The minimum atomic E-state index is 0.707. The van der Waals surface area contributed by atoms with Crippen LogP contribution < -0.4 is 4.74 Å². The third-order valence-corrected chi connectivity index (χ3v) is 2.83. The Morgan fingerprint density at radius 1 is 1.06 bits per heavy atom. The van der Waals surface area contributed by atoms with Crippen LogP contribution in [0.2, 0.25) is 0 Å². The van der Waals surface area contributed by atoms with Crippen molar-refractivity contribution in [2.24, 2.45) is 0 Å². The Balaban J connectivity index is 1.92. The van der Waals surface area contributed by atoms with E-state index in [1.165, 1.54) is 11.1 Å². The van der Waals surface area contributed by atoms with Crippen molar-refractivity contribution in [2.45, 2.75) is 20.4 Å². The smallest absolute Gasteiger partial charge is 0.122 e. The lowest BCUT2D eigenvalue weighted by molar-refractivity contribution is 0.296. The molecule has 0 N–H and O–H groups in total. The first-order valence-corrected chi connectivity index (χ1v) is 5.57. The molecular formula is C14H17NO. The maximum atomic E-state index is 5.77. The van der Waals surface area contributed by atoms with Gasteiger partial charge in [0.25, 0.3) is 0 Å². The summed E-state index contributed by atoms with van der Waals surface area (Å²) in [5.74, 6) is 0.993. The molecule has 0 amide bonds. The summed E-state index contributed by atoms with van der Waals surface area (Å²) in [6, 6.07) is 10.2. The van der Waals surface area contributed by atoms with Gasteiger partial charge in [-0.15, -0.1) is 0 Å². The van der Waals surface area contributed by atoms with E-state index in [1.807, 2.05) is 36.7 Å². The fraction of sp³-hybridized carbons (Fsp3) is 0.286. The Kier molecular flexibility index (Phi) is 3.30. The van der Waals surface area contributed by atoms with Gasteiger partial charge in [-0.3, -0.25) is 0 Å². The number of nitrogens with zero attached hydrogens (tertiary/aromatic N) is 1. The van der Waals surface area contributed by atoms with Gasteiger partial charge in [0.15, 0.2) is 0 Å². The first kappa shape index (κ1) is 10.8. The number of rotatable bonds is 4. The van der Waals surface area contributed by atoms with E-state index in [0.29, 0.717) is 6.61 Å². The van der Waals surface area contributed by atoms with Gasteiger partial charge in [0.2, 0.25) is 0 Å². The third-order valence-electron chi connectivity index (χ3n) is 2.83. The Hall–Kier alpha value is -1.70. The fourth-order valence-electron chi connectivity index (χ4n) is 1.66. The summed E-state index contributed by atoms with van der Waals surface area (Å²) in [6.45, 7) is 5.80. The van der Waals surface area contributed by atoms with E-state index in [2.05, 4.69) is 24.5 Å². The van der Waals surface area contributed by atoms with E-state index in [1.54, 1.807) is 0 Å². The summed E-state index contributed by atoms with van der Waals surface area (Å²) >= 11 is 0. The molecule has 1 heterocycles. The normalized spacial score (nSPS) is 10.4. The maximum absolute atomic E-state index is 5.77. The molecule has 0 saturated heterocycles. The number of aryl methyl sites for hydroxylation is 1. The standard InChI is InChI=1S/C14H17NO/c1-12-6-5-7-14(13(12)2)16-11-10-15-8-3-4-9-15/h3-9H,10-11H2,1-2H3. The second-order valence-electron chi connectivity index (χ2n) is 3.97. The second kappa shape index (κ2) is 4.88. The van der Waals surface area contributed by atoms with Crippen molar-refractivity contribution in [2.75, 3.05) is 6.61 Å². The van der Waals surface area contributed by atoms with E-state index in [0.717, 1.165) is 12.3 Å². The molecule has 0 aliphatic heterocycles. The van der Waals surface area contributed by atoms with Crippen molar-refractivity contribution >= 4 is 0 Å². The van der Waals surface area contributed by atoms with Crippen LogP contribution in [0.1, 0.15) is 11.1 Å². The molecule has 1 aromatic carbocycles. The van der Waals surface area contributed by atoms with Gasteiger partial charge in [-0.25, -0.2) is 0 Å². The SMILES string of the molecule is Cc1cccc(OCCn2cccc2)c1C. The fourth-order valence-corrected chi connectivity index (χ4v) is 1.66. The van der Waals surface area contributed by atoms with Gasteiger partial charge in [-0.05, 0) is 43.2 Å². The van der Waals surface area contributed by atoms with E-state index in [-0.39, 0.29) is 0 Å². The quantitative estimate of drug-likeness (QED) is 0.764. The number of aromatic nitrogens is 1. The highest BCUT2D eigenvalue weighted by molar-refractivity contribution is 5.38. The molecule has 0 atom stereocenters. The minimum absolute atomic E-state index is 0.707. The van der Waals surface area contributed by atoms with Crippen molar-refractivity contribution in [1.29, 1.82) is 0 Å². The van der Waals surface area contributed by atoms with Crippen LogP contribution in [0.25, 0.3) is 0 Å². The van der Waals surface area contributed by atoms with Crippen LogP contribution in [-0.2, 0) is 6.54 Å². The Morgan fingerprint density at radius 3 is 2.56 bits per heavy atom. The zero-order valence-corrected chi connectivity index (χ0v) is 9.81. The molecule has 0 aliphatic carbocycles. The summed E-state index contributed by atoms with van der Waals surface area (Å²) in [4.78, 5) is 0. The average molecular weight is 215 g/mol. The average Bonchev–Trinajstić information content (AvgIpc) is 2.77. The summed E-state index contributed by atoms with van der Waals surface area (Å²) < 4.78 is 7.89. The number of hydrogen-bond donors (Lipinski definition) is 0. The molecule has 0 radical (unpaired) electrons. The monoisotopic (exact) mass is 215 g/mol. The van der Waals surface area contributed by atoms with Crippen molar-refractivity contribution in [3.8, 4) is 5.75 Å². The lowest BCUT2D eigenvalue weighted by atomic mass is 10.1. The van der Waals surface area contributed by atoms with Gasteiger partial charge in [0.05, 0.1) is 6.54 Å². The van der Waals surface area contributed by atoms with Gasteiger partial charge in [0.1, 0.15) is 12.4 Å². The number of benzene rings is 1. The zero-order chi connectivity index (χ0) is 11.4. The zero-order valence-electron chi connectivity index (χ0n) is 9.81. The maximum Gasteiger partial charge on any atom is 0.122 e. The molecule has 2 nitrogen and oxygen atoms in total. The molecule has 2 heteroatoms. The Morgan fingerprint density at radius 2 is 1.81 bits per heavy atom. The van der Waals surface area contributed by atoms with Crippen LogP contribution in [-0.4, -0.2) is 11.2 Å². The van der Waals surface area contributed by atoms with Crippen LogP contribution in [0.3, 0.4) is 0 Å². The van der Waals surface area contributed by atoms with Crippen LogP contribution >= 0.6 is 0 Å². The summed E-state index contributed by atoms with van der Waals surface area (Å²) in [5.41, 5.74) is 2.51. The van der Waals surface area contributed by atoms with Crippen molar-refractivity contribution < 1.29 is 4.74 Å². The minimum Gasteiger partial charge on any atom is -0.491 e. The highest BCUT2D eigenvalue weighted by Gasteiger charge is 2.00. The highest BCUT2D eigenvalue weighted by Crippen LogP contribution is 2.20. The molecule has 2 rings (SSSR count). The molecule has 0 spiro atoms. The predicted octanol–water partition coefficient (Wildman–Crippen LogP) is 3.18. The first-order chi connectivity index (χ1) is 7.77. The molecule has 0 aliphatic rings.